The van der Waals surface area contributed by atoms with Crippen molar-refractivity contribution >= 4 is 5.91 Å². The van der Waals surface area contributed by atoms with E-state index < -0.39 is 0 Å². The number of benzene rings is 1. The fourth-order valence-corrected chi connectivity index (χ4v) is 2.13. The van der Waals surface area contributed by atoms with E-state index in [1.165, 1.54) is 0 Å². The number of carbonyl (C=O) groups excluding carboxylic acids is 1. The summed E-state index contributed by atoms with van der Waals surface area (Å²) < 4.78 is 10.5. The fourth-order valence-electron chi connectivity index (χ4n) is 2.13. The second-order valence-electron chi connectivity index (χ2n) is 4.86. The van der Waals surface area contributed by atoms with Gasteiger partial charge in [-0.2, -0.15) is 0 Å². The molecule has 0 bridgehead atoms. The van der Waals surface area contributed by atoms with Gasteiger partial charge in [-0.15, -0.1) is 0 Å². The first-order chi connectivity index (χ1) is 9.19. The van der Waals surface area contributed by atoms with E-state index >= 15 is 0 Å². The first kappa shape index (κ1) is 13.7. The van der Waals surface area contributed by atoms with Crippen molar-refractivity contribution in [2.24, 2.45) is 5.92 Å². The van der Waals surface area contributed by atoms with Crippen LogP contribution in [0.5, 0.6) is 11.5 Å². The summed E-state index contributed by atoms with van der Waals surface area (Å²) in [6.07, 6.45) is 2.90. The van der Waals surface area contributed by atoms with Gasteiger partial charge in [-0.05, 0) is 37.0 Å². The van der Waals surface area contributed by atoms with Crippen LogP contribution < -0.4 is 14.8 Å². The maximum atomic E-state index is 11.9. The van der Waals surface area contributed by atoms with Gasteiger partial charge in [0.2, 0.25) is 5.91 Å². The first-order valence-corrected chi connectivity index (χ1v) is 6.71. The Bertz CT molecular complexity index is 455. The van der Waals surface area contributed by atoms with Gasteiger partial charge >= 0.3 is 0 Å². The summed E-state index contributed by atoms with van der Waals surface area (Å²) >= 11 is 0. The van der Waals surface area contributed by atoms with Crippen LogP contribution in [0.25, 0.3) is 0 Å². The monoisotopic (exact) mass is 263 g/mol. The molecule has 0 saturated heterocycles. The van der Waals surface area contributed by atoms with E-state index in [2.05, 4.69) is 12.2 Å². The first-order valence-electron chi connectivity index (χ1n) is 6.71. The number of rotatable bonds is 6. The normalized spacial score (nSPS) is 15.7. The number of hydrogen-bond donors (Lipinski definition) is 1. The zero-order valence-electron chi connectivity index (χ0n) is 11.7. The summed E-state index contributed by atoms with van der Waals surface area (Å²) in [4.78, 5) is 11.9. The lowest BCUT2D eigenvalue weighted by molar-refractivity contribution is -0.123. The number of carbonyl (C=O) groups is 1. The van der Waals surface area contributed by atoms with Gasteiger partial charge in [-0.25, -0.2) is 0 Å². The molecule has 0 aliphatic heterocycles. The van der Waals surface area contributed by atoms with Crippen LogP contribution >= 0.6 is 0 Å². The predicted molar refractivity (Wildman–Crippen MR) is 73.4 cm³/mol. The Kier molecular flexibility index (Phi) is 4.30. The highest BCUT2D eigenvalue weighted by Crippen LogP contribution is 2.33. The molecule has 1 saturated carbocycles. The molecule has 4 heteroatoms. The molecule has 1 aliphatic rings. The zero-order chi connectivity index (χ0) is 13.8. The molecule has 1 aromatic carbocycles. The third-order valence-electron chi connectivity index (χ3n) is 3.48. The van der Waals surface area contributed by atoms with Gasteiger partial charge in [0, 0.05) is 5.92 Å². The van der Waals surface area contributed by atoms with Gasteiger partial charge in [0.05, 0.1) is 20.3 Å². The minimum Gasteiger partial charge on any atom is -0.493 e. The van der Waals surface area contributed by atoms with Crippen molar-refractivity contribution in [3.8, 4) is 11.5 Å². The summed E-state index contributed by atoms with van der Waals surface area (Å²) in [5.41, 5.74) is 1.05. The van der Waals surface area contributed by atoms with E-state index in [-0.39, 0.29) is 17.9 Å². The van der Waals surface area contributed by atoms with Crippen LogP contribution in [0.1, 0.15) is 37.8 Å². The lowest BCUT2D eigenvalue weighted by Crippen LogP contribution is -2.29. The highest BCUT2D eigenvalue weighted by atomic mass is 16.5. The molecule has 19 heavy (non-hydrogen) atoms. The predicted octanol–water partition coefficient (Wildman–Crippen LogP) is 2.68. The molecule has 0 aromatic heterocycles. The molecule has 1 aromatic rings. The molecule has 2 rings (SSSR count). The molecule has 104 valence electrons. The highest BCUT2D eigenvalue weighted by molar-refractivity contribution is 5.81. The second-order valence-corrected chi connectivity index (χ2v) is 4.86. The van der Waals surface area contributed by atoms with E-state index in [1.54, 1.807) is 14.2 Å². The highest BCUT2D eigenvalue weighted by Gasteiger charge is 2.31. The van der Waals surface area contributed by atoms with Crippen molar-refractivity contribution in [2.45, 2.75) is 32.2 Å². The number of nitrogens with one attached hydrogen (secondary N) is 1. The molecule has 1 fully saturated rings. The zero-order valence-corrected chi connectivity index (χ0v) is 11.7. The maximum absolute atomic E-state index is 11.9. The van der Waals surface area contributed by atoms with Gasteiger partial charge in [0.25, 0.3) is 0 Å². The molecule has 0 unspecified atom stereocenters. The van der Waals surface area contributed by atoms with E-state index in [9.17, 15) is 4.79 Å². The molecule has 0 radical (unpaired) electrons. The third-order valence-corrected chi connectivity index (χ3v) is 3.48. The van der Waals surface area contributed by atoms with Crippen LogP contribution in [0.3, 0.4) is 0 Å². The van der Waals surface area contributed by atoms with Gasteiger partial charge < -0.3 is 14.8 Å². The number of ether oxygens (including phenoxy) is 2. The van der Waals surface area contributed by atoms with E-state index in [4.69, 9.17) is 9.47 Å². The largest absolute Gasteiger partial charge is 0.493 e. The Morgan fingerprint density at radius 2 is 2.00 bits per heavy atom. The Hall–Kier alpha value is -1.71. The smallest absolute Gasteiger partial charge is 0.223 e. The molecular formula is C15H21NO3. The molecule has 1 aliphatic carbocycles. The van der Waals surface area contributed by atoms with Crippen LogP contribution in [-0.4, -0.2) is 20.1 Å². The van der Waals surface area contributed by atoms with E-state index in [0.717, 1.165) is 24.8 Å². The average Bonchev–Trinajstić information content (AvgIpc) is 3.28. The van der Waals surface area contributed by atoms with Gasteiger partial charge in [-0.1, -0.05) is 13.0 Å². The minimum atomic E-state index is 0.0351. The molecule has 1 N–H and O–H groups in total. The van der Waals surface area contributed by atoms with Crippen LogP contribution in [0.4, 0.5) is 0 Å². The quantitative estimate of drug-likeness (QED) is 0.858. The molecular weight excluding hydrogens is 242 g/mol. The van der Waals surface area contributed by atoms with Crippen molar-refractivity contribution in [3.63, 3.8) is 0 Å². The SMILES string of the molecule is CC[C@H](NC(=O)C1CC1)c1ccc(OC)c(OC)c1. The van der Waals surface area contributed by atoms with E-state index in [1.807, 2.05) is 18.2 Å². The van der Waals surface area contributed by atoms with Crippen LogP contribution in [0.15, 0.2) is 18.2 Å². The van der Waals surface area contributed by atoms with Crippen molar-refractivity contribution in [1.29, 1.82) is 0 Å². The molecule has 0 spiro atoms. The molecule has 4 nitrogen and oxygen atoms in total. The Balaban J connectivity index is 2.14. The summed E-state index contributed by atoms with van der Waals surface area (Å²) in [6.45, 7) is 2.06. The van der Waals surface area contributed by atoms with Crippen molar-refractivity contribution < 1.29 is 14.3 Å². The summed E-state index contributed by atoms with van der Waals surface area (Å²) in [5.74, 6) is 1.80. The minimum absolute atomic E-state index is 0.0351. The number of hydrogen-bond acceptors (Lipinski definition) is 3. The van der Waals surface area contributed by atoms with Gasteiger partial charge in [0.15, 0.2) is 11.5 Å². The Morgan fingerprint density at radius 3 is 2.53 bits per heavy atom. The van der Waals surface area contributed by atoms with Crippen LogP contribution in [0, 0.1) is 5.92 Å². The number of methoxy groups -OCH3 is 2. The van der Waals surface area contributed by atoms with E-state index in [0.29, 0.717) is 11.5 Å². The van der Waals surface area contributed by atoms with Crippen molar-refractivity contribution in [3.05, 3.63) is 23.8 Å². The lowest BCUT2D eigenvalue weighted by atomic mass is 10.0. The molecule has 1 atom stereocenters. The Labute approximate surface area is 114 Å². The molecule has 0 heterocycles. The Morgan fingerprint density at radius 1 is 1.32 bits per heavy atom. The fraction of sp³-hybridized carbons (Fsp3) is 0.533. The average molecular weight is 263 g/mol. The van der Waals surface area contributed by atoms with Crippen LogP contribution in [-0.2, 0) is 4.79 Å². The third kappa shape index (κ3) is 3.19. The summed E-state index contributed by atoms with van der Waals surface area (Å²) in [7, 11) is 3.23. The van der Waals surface area contributed by atoms with Crippen LogP contribution in [0.2, 0.25) is 0 Å². The number of amides is 1. The topological polar surface area (TPSA) is 47.6 Å². The maximum Gasteiger partial charge on any atom is 0.223 e. The molecule has 1 amide bonds. The summed E-state index contributed by atoms with van der Waals surface area (Å²) in [6, 6.07) is 5.82. The summed E-state index contributed by atoms with van der Waals surface area (Å²) in [5, 5.41) is 3.10. The van der Waals surface area contributed by atoms with Crippen molar-refractivity contribution in [1.82, 2.24) is 5.32 Å². The van der Waals surface area contributed by atoms with Crippen molar-refractivity contribution in [2.75, 3.05) is 14.2 Å². The van der Waals surface area contributed by atoms with Gasteiger partial charge in [-0.3, -0.25) is 4.79 Å². The van der Waals surface area contributed by atoms with Gasteiger partial charge in [0.1, 0.15) is 0 Å². The standard InChI is InChI=1S/C15H21NO3/c1-4-12(16-15(17)10-5-6-10)11-7-8-13(18-2)14(9-11)19-3/h7-10,12H,4-6H2,1-3H3,(H,16,17)/t12-/m0/s1. The second kappa shape index (κ2) is 5.95. The lowest BCUT2D eigenvalue weighted by Gasteiger charge is -2.19.